The first-order valence-electron chi connectivity index (χ1n) is 6.68. The van der Waals surface area contributed by atoms with Gasteiger partial charge in [0.2, 0.25) is 15.9 Å². The second-order valence-corrected chi connectivity index (χ2v) is 7.53. The minimum Gasteiger partial charge on any atom is -0.322 e. The molecule has 1 aromatic rings. The van der Waals surface area contributed by atoms with Crippen LogP contribution in [0.25, 0.3) is 0 Å². The van der Waals surface area contributed by atoms with Crippen LogP contribution in [0.2, 0.25) is 5.02 Å². The average Bonchev–Trinajstić information content (AvgIpc) is 2.42. The molecule has 0 unspecified atom stereocenters. The Kier molecular flexibility index (Phi) is 5.38. The summed E-state index contributed by atoms with van der Waals surface area (Å²) in [7, 11) is -3.19. The van der Waals surface area contributed by atoms with Crippen LogP contribution in [0.3, 0.4) is 0 Å². The van der Waals surface area contributed by atoms with Gasteiger partial charge >= 0.3 is 0 Å². The molecule has 0 spiro atoms. The van der Waals surface area contributed by atoms with E-state index in [1.165, 1.54) is 22.5 Å². The first-order valence-corrected chi connectivity index (χ1v) is 8.91. The highest BCUT2D eigenvalue weighted by atomic mass is 35.5. The summed E-state index contributed by atoms with van der Waals surface area (Å²) < 4.78 is 37.7. The van der Waals surface area contributed by atoms with Gasteiger partial charge in [0, 0.05) is 31.2 Å². The highest BCUT2D eigenvalue weighted by Crippen LogP contribution is 2.19. The number of hydrogen-bond donors (Lipinski definition) is 1. The zero-order valence-electron chi connectivity index (χ0n) is 12.1. The van der Waals surface area contributed by atoms with Crippen molar-refractivity contribution in [1.29, 1.82) is 0 Å². The maximum absolute atomic E-state index is 13.5. The molecule has 1 heterocycles. The van der Waals surface area contributed by atoms with Gasteiger partial charge in [-0.1, -0.05) is 11.6 Å². The van der Waals surface area contributed by atoms with Gasteiger partial charge in [-0.25, -0.2) is 12.8 Å². The summed E-state index contributed by atoms with van der Waals surface area (Å²) in [5, 5.41) is 2.80. The molecule has 1 saturated heterocycles. The number of benzene rings is 1. The molecule has 1 N–H and O–H groups in total. The largest absolute Gasteiger partial charge is 0.322 e. The molecular formula is C13H17ClFN3O3S. The number of rotatable bonds is 4. The number of carbonyl (C=O) groups excluding carboxylic acids is 1. The first-order chi connectivity index (χ1) is 10.3. The fourth-order valence-electron chi connectivity index (χ4n) is 2.21. The molecule has 1 fully saturated rings. The van der Waals surface area contributed by atoms with Crippen LogP contribution in [-0.4, -0.2) is 62.5 Å². The Morgan fingerprint density at radius 3 is 2.55 bits per heavy atom. The summed E-state index contributed by atoms with van der Waals surface area (Å²) >= 11 is 5.76. The van der Waals surface area contributed by atoms with Crippen LogP contribution in [0.15, 0.2) is 18.2 Å². The van der Waals surface area contributed by atoms with Crippen LogP contribution >= 0.6 is 11.6 Å². The number of nitrogens with zero attached hydrogens (tertiary/aromatic N) is 2. The van der Waals surface area contributed by atoms with Crippen molar-refractivity contribution in [2.24, 2.45) is 0 Å². The Balaban J connectivity index is 1.87. The first kappa shape index (κ1) is 17.1. The Morgan fingerprint density at radius 1 is 1.32 bits per heavy atom. The van der Waals surface area contributed by atoms with E-state index >= 15 is 0 Å². The number of halogens is 2. The van der Waals surface area contributed by atoms with Gasteiger partial charge in [0.05, 0.1) is 18.5 Å². The lowest BCUT2D eigenvalue weighted by Gasteiger charge is -2.32. The molecule has 0 atom stereocenters. The van der Waals surface area contributed by atoms with E-state index < -0.39 is 15.8 Å². The Bertz CT molecular complexity index is 660. The number of nitrogens with one attached hydrogen (secondary N) is 1. The second-order valence-electron chi connectivity index (χ2n) is 5.11. The molecule has 0 radical (unpaired) electrons. The molecule has 9 heteroatoms. The highest BCUT2D eigenvalue weighted by molar-refractivity contribution is 7.88. The van der Waals surface area contributed by atoms with Gasteiger partial charge in [-0.05, 0) is 18.2 Å². The molecule has 0 saturated carbocycles. The van der Waals surface area contributed by atoms with E-state index in [-0.39, 0.29) is 18.1 Å². The molecule has 2 rings (SSSR count). The van der Waals surface area contributed by atoms with Gasteiger partial charge in [-0.15, -0.1) is 0 Å². The lowest BCUT2D eigenvalue weighted by molar-refractivity contribution is -0.117. The predicted octanol–water partition coefficient (Wildman–Crippen LogP) is 0.995. The van der Waals surface area contributed by atoms with Crippen LogP contribution in [0, 0.1) is 5.82 Å². The molecule has 1 aliphatic rings. The minimum atomic E-state index is -3.19. The highest BCUT2D eigenvalue weighted by Gasteiger charge is 2.24. The summed E-state index contributed by atoms with van der Waals surface area (Å²) in [5.74, 6) is -0.923. The minimum absolute atomic E-state index is 0.0345. The molecule has 1 aromatic carbocycles. The van der Waals surface area contributed by atoms with Crippen molar-refractivity contribution in [2.75, 3.05) is 44.3 Å². The van der Waals surface area contributed by atoms with Gasteiger partial charge in [0.25, 0.3) is 0 Å². The number of amides is 1. The third kappa shape index (κ3) is 4.64. The lowest BCUT2D eigenvalue weighted by atomic mass is 10.3. The van der Waals surface area contributed by atoms with E-state index in [4.69, 9.17) is 11.6 Å². The fourth-order valence-corrected chi connectivity index (χ4v) is 3.20. The molecule has 22 heavy (non-hydrogen) atoms. The van der Waals surface area contributed by atoms with Gasteiger partial charge in [0.1, 0.15) is 5.82 Å². The van der Waals surface area contributed by atoms with E-state index in [2.05, 4.69) is 5.32 Å². The summed E-state index contributed by atoms with van der Waals surface area (Å²) in [4.78, 5) is 13.7. The SMILES string of the molecule is CS(=O)(=O)N1CCN(CC(=O)Nc2cc(Cl)ccc2F)CC1. The Labute approximate surface area is 133 Å². The van der Waals surface area contributed by atoms with E-state index in [0.717, 1.165) is 6.26 Å². The van der Waals surface area contributed by atoms with Crippen molar-refractivity contribution in [3.05, 3.63) is 29.0 Å². The van der Waals surface area contributed by atoms with Gasteiger partial charge in [-0.2, -0.15) is 4.31 Å². The monoisotopic (exact) mass is 349 g/mol. The van der Waals surface area contributed by atoms with E-state index in [1.54, 1.807) is 0 Å². The van der Waals surface area contributed by atoms with E-state index in [0.29, 0.717) is 31.2 Å². The van der Waals surface area contributed by atoms with E-state index in [9.17, 15) is 17.6 Å². The summed E-state index contributed by atoms with van der Waals surface area (Å²) in [5.41, 5.74) is 0.0345. The Hall–Kier alpha value is -1.22. The van der Waals surface area contributed by atoms with Crippen molar-refractivity contribution >= 4 is 33.2 Å². The molecule has 6 nitrogen and oxygen atoms in total. The van der Waals surface area contributed by atoms with Crippen molar-refractivity contribution in [2.45, 2.75) is 0 Å². The molecule has 1 amide bonds. The standard InChI is InChI=1S/C13H17ClFN3O3S/c1-22(20,21)18-6-4-17(5-7-18)9-13(19)16-12-8-10(14)2-3-11(12)15/h2-3,8H,4-7,9H2,1H3,(H,16,19). The van der Waals surface area contributed by atoms with Gasteiger partial charge < -0.3 is 5.32 Å². The molecule has 1 aliphatic heterocycles. The number of anilines is 1. The number of carbonyl (C=O) groups is 1. The van der Waals surface area contributed by atoms with E-state index in [1.807, 2.05) is 4.90 Å². The van der Waals surface area contributed by atoms with Crippen LogP contribution in [0.1, 0.15) is 0 Å². The molecule has 0 aliphatic carbocycles. The lowest BCUT2D eigenvalue weighted by Crippen LogP contribution is -2.50. The van der Waals surface area contributed by atoms with Crippen molar-refractivity contribution in [3.63, 3.8) is 0 Å². The second kappa shape index (κ2) is 6.91. The number of piperazine rings is 1. The molecular weight excluding hydrogens is 333 g/mol. The molecule has 0 aromatic heterocycles. The van der Waals surface area contributed by atoms with Gasteiger partial charge in [0.15, 0.2) is 0 Å². The van der Waals surface area contributed by atoms with Crippen LogP contribution in [0.4, 0.5) is 10.1 Å². The van der Waals surface area contributed by atoms with Crippen LogP contribution < -0.4 is 5.32 Å². The Morgan fingerprint density at radius 2 is 1.95 bits per heavy atom. The zero-order chi connectivity index (χ0) is 16.3. The molecule has 0 bridgehead atoms. The van der Waals surface area contributed by atoms with Crippen molar-refractivity contribution < 1.29 is 17.6 Å². The number of hydrogen-bond acceptors (Lipinski definition) is 4. The van der Waals surface area contributed by atoms with Gasteiger partial charge in [-0.3, -0.25) is 9.69 Å². The normalized spacial score (nSPS) is 17.4. The fraction of sp³-hybridized carbons (Fsp3) is 0.462. The zero-order valence-corrected chi connectivity index (χ0v) is 13.6. The number of sulfonamides is 1. The topological polar surface area (TPSA) is 69.7 Å². The van der Waals surface area contributed by atoms with Crippen LogP contribution in [-0.2, 0) is 14.8 Å². The van der Waals surface area contributed by atoms with Crippen LogP contribution in [0.5, 0.6) is 0 Å². The smallest absolute Gasteiger partial charge is 0.238 e. The van der Waals surface area contributed by atoms with Crippen molar-refractivity contribution in [3.8, 4) is 0 Å². The average molecular weight is 350 g/mol. The van der Waals surface area contributed by atoms with Crippen molar-refractivity contribution in [1.82, 2.24) is 9.21 Å². The molecule has 122 valence electrons. The summed E-state index contributed by atoms with van der Waals surface area (Å²) in [6, 6.07) is 3.93. The third-order valence-corrected chi connectivity index (χ3v) is 4.91. The quantitative estimate of drug-likeness (QED) is 0.880. The summed E-state index contributed by atoms with van der Waals surface area (Å²) in [6.07, 6.45) is 1.16. The third-order valence-electron chi connectivity index (χ3n) is 3.37. The predicted molar refractivity (Wildman–Crippen MR) is 82.9 cm³/mol. The maximum atomic E-state index is 13.5. The summed E-state index contributed by atoms with van der Waals surface area (Å²) in [6.45, 7) is 1.68. The maximum Gasteiger partial charge on any atom is 0.238 e.